The minimum Gasteiger partial charge on any atom is -0.306 e. The zero-order valence-corrected chi connectivity index (χ0v) is 11.9. The molecule has 2 fully saturated rings. The van der Waals surface area contributed by atoms with Crippen molar-refractivity contribution in [3.8, 4) is 0 Å². The van der Waals surface area contributed by atoms with Crippen LogP contribution in [0.15, 0.2) is 0 Å². The highest BCUT2D eigenvalue weighted by Crippen LogP contribution is 2.30. The van der Waals surface area contributed by atoms with Crippen LogP contribution in [-0.2, 0) is 0 Å². The molecule has 0 spiro atoms. The SMILES string of the molecule is CN1CCC(CC2CCN(I)CC2)CC1. The van der Waals surface area contributed by atoms with Crippen molar-refractivity contribution in [2.45, 2.75) is 32.1 Å². The standard InChI is InChI=1S/C12H23IN2/c1-14-6-2-11(3-7-14)10-12-4-8-15(13)9-5-12/h11-12H,2-10H2,1H3. The van der Waals surface area contributed by atoms with Crippen LogP contribution in [0.2, 0.25) is 0 Å². The smallest absolute Gasteiger partial charge is 0.0201 e. The number of nitrogens with zero attached hydrogens (tertiary/aromatic N) is 2. The first-order valence-electron chi connectivity index (χ1n) is 6.33. The number of likely N-dealkylation sites (tertiary alicyclic amines) is 1. The lowest BCUT2D eigenvalue weighted by Crippen LogP contribution is -2.33. The van der Waals surface area contributed by atoms with Gasteiger partial charge in [0.05, 0.1) is 0 Å². The van der Waals surface area contributed by atoms with E-state index in [2.05, 4.69) is 37.9 Å². The molecule has 15 heavy (non-hydrogen) atoms. The first kappa shape index (κ1) is 12.1. The Morgan fingerprint density at radius 3 is 1.93 bits per heavy atom. The van der Waals surface area contributed by atoms with Gasteiger partial charge in [0.1, 0.15) is 0 Å². The van der Waals surface area contributed by atoms with Crippen LogP contribution in [0.3, 0.4) is 0 Å². The Bertz CT molecular complexity index is 162. The molecule has 0 N–H and O–H groups in total. The van der Waals surface area contributed by atoms with Gasteiger partial charge in [-0.25, -0.2) is 3.11 Å². The van der Waals surface area contributed by atoms with Crippen LogP contribution in [0.5, 0.6) is 0 Å². The first-order chi connectivity index (χ1) is 7.24. The van der Waals surface area contributed by atoms with Crippen molar-refractivity contribution in [2.24, 2.45) is 11.8 Å². The van der Waals surface area contributed by atoms with Crippen LogP contribution >= 0.6 is 22.9 Å². The molecule has 0 unspecified atom stereocenters. The van der Waals surface area contributed by atoms with E-state index >= 15 is 0 Å². The van der Waals surface area contributed by atoms with E-state index in [1.54, 1.807) is 0 Å². The van der Waals surface area contributed by atoms with Gasteiger partial charge in [-0.3, -0.25) is 0 Å². The Kier molecular flexibility index (Phi) is 4.70. The molecule has 88 valence electrons. The number of hydrogen-bond acceptors (Lipinski definition) is 2. The Hall–Kier alpha value is 0.650. The fraction of sp³-hybridized carbons (Fsp3) is 1.00. The normalized spacial score (nSPS) is 28.4. The minimum absolute atomic E-state index is 1.03. The maximum atomic E-state index is 2.48. The van der Waals surface area contributed by atoms with Crippen molar-refractivity contribution in [3.05, 3.63) is 0 Å². The van der Waals surface area contributed by atoms with E-state index in [1.165, 1.54) is 58.3 Å². The first-order valence-corrected chi connectivity index (χ1v) is 7.30. The highest BCUT2D eigenvalue weighted by molar-refractivity contribution is 14.1. The van der Waals surface area contributed by atoms with E-state index in [-0.39, 0.29) is 0 Å². The Morgan fingerprint density at radius 2 is 1.40 bits per heavy atom. The number of rotatable bonds is 2. The van der Waals surface area contributed by atoms with Crippen LogP contribution in [0, 0.1) is 11.8 Å². The molecule has 2 aliphatic heterocycles. The summed E-state index contributed by atoms with van der Waals surface area (Å²) in [5.74, 6) is 2.07. The number of halogens is 1. The lowest BCUT2D eigenvalue weighted by molar-refractivity contribution is 0.177. The van der Waals surface area contributed by atoms with Gasteiger partial charge in [-0.2, -0.15) is 0 Å². The van der Waals surface area contributed by atoms with Crippen molar-refractivity contribution < 1.29 is 0 Å². The number of hydrogen-bond donors (Lipinski definition) is 0. The van der Waals surface area contributed by atoms with E-state index in [0.717, 1.165) is 11.8 Å². The summed E-state index contributed by atoms with van der Waals surface area (Å²) in [7, 11) is 2.25. The third-order valence-corrected chi connectivity index (χ3v) is 5.03. The highest BCUT2D eigenvalue weighted by Gasteiger charge is 2.23. The molecule has 2 rings (SSSR count). The van der Waals surface area contributed by atoms with Gasteiger partial charge in [0.15, 0.2) is 0 Å². The quantitative estimate of drug-likeness (QED) is 0.570. The second kappa shape index (κ2) is 5.82. The molecule has 2 saturated heterocycles. The van der Waals surface area contributed by atoms with Crippen molar-refractivity contribution >= 4 is 22.9 Å². The molecular formula is C12H23IN2. The average Bonchev–Trinajstić information content (AvgIpc) is 2.25. The van der Waals surface area contributed by atoms with E-state index in [4.69, 9.17) is 0 Å². The lowest BCUT2D eigenvalue weighted by atomic mass is 9.83. The summed E-state index contributed by atoms with van der Waals surface area (Å²) >= 11 is 2.47. The van der Waals surface area contributed by atoms with Crippen LogP contribution in [-0.4, -0.2) is 41.2 Å². The second-order valence-corrected chi connectivity index (χ2v) is 6.70. The molecule has 0 bridgehead atoms. The summed E-state index contributed by atoms with van der Waals surface area (Å²) in [4.78, 5) is 2.48. The molecule has 0 aliphatic carbocycles. The molecule has 3 heteroatoms. The van der Waals surface area contributed by atoms with Crippen LogP contribution in [0.25, 0.3) is 0 Å². The van der Waals surface area contributed by atoms with E-state index in [9.17, 15) is 0 Å². The Morgan fingerprint density at radius 1 is 0.933 bits per heavy atom. The van der Waals surface area contributed by atoms with Gasteiger partial charge in [-0.05, 0) is 64.1 Å². The minimum atomic E-state index is 1.03. The molecule has 0 aromatic heterocycles. The monoisotopic (exact) mass is 322 g/mol. The third kappa shape index (κ3) is 3.86. The molecule has 0 aromatic rings. The molecular weight excluding hydrogens is 299 g/mol. The predicted molar refractivity (Wildman–Crippen MR) is 73.2 cm³/mol. The van der Waals surface area contributed by atoms with Gasteiger partial charge in [0, 0.05) is 36.0 Å². The van der Waals surface area contributed by atoms with Crippen molar-refractivity contribution in [1.29, 1.82) is 0 Å². The topological polar surface area (TPSA) is 6.48 Å². The number of piperidine rings is 2. The van der Waals surface area contributed by atoms with Crippen LogP contribution in [0.1, 0.15) is 32.1 Å². The third-order valence-electron chi connectivity index (χ3n) is 4.06. The largest absolute Gasteiger partial charge is 0.306 e. The zero-order chi connectivity index (χ0) is 10.7. The van der Waals surface area contributed by atoms with E-state index in [1.807, 2.05) is 0 Å². The Balaban J connectivity index is 1.68. The second-order valence-electron chi connectivity index (χ2n) is 5.34. The maximum absolute atomic E-state index is 2.48. The highest BCUT2D eigenvalue weighted by atomic mass is 127. The molecule has 0 amide bonds. The Labute approximate surface area is 108 Å². The van der Waals surface area contributed by atoms with Crippen LogP contribution in [0.4, 0.5) is 0 Å². The molecule has 2 aliphatic rings. The van der Waals surface area contributed by atoms with Gasteiger partial charge >= 0.3 is 0 Å². The summed E-state index contributed by atoms with van der Waals surface area (Å²) in [5.41, 5.74) is 0. The summed E-state index contributed by atoms with van der Waals surface area (Å²) in [6.45, 7) is 5.29. The average molecular weight is 322 g/mol. The molecule has 2 heterocycles. The van der Waals surface area contributed by atoms with Gasteiger partial charge in [0.2, 0.25) is 0 Å². The summed E-state index contributed by atoms with van der Waals surface area (Å²) in [5, 5.41) is 0. The summed E-state index contributed by atoms with van der Waals surface area (Å²) in [6.07, 6.45) is 7.28. The summed E-state index contributed by atoms with van der Waals surface area (Å²) in [6, 6.07) is 0. The van der Waals surface area contributed by atoms with Gasteiger partial charge in [-0.1, -0.05) is 0 Å². The molecule has 0 atom stereocenters. The van der Waals surface area contributed by atoms with Gasteiger partial charge < -0.3 is 4.90 Å². The lowest BCUT2D eigenvalue weighted by Gasteiger charge is -2.34. The summed E-state index contributed by atoms with van der Waals surface area (Å²) < 4.78 is 2.45. The van der Waals surface area contributed by atoms with Crippen molar-refractivity contribution in [1.82, 2.24) is 8.01 Å². The fourth-order valence-electron chi connectivity index (χ4n) is 2.91. The van der Waals surface area contributed by atoms with Crippen LogP contribution < -0.4 is 0 Å². The van der Waals surface area contributed by atoms with E-state index in [0.29, 0.717) is 0 Å². The fourth-order valence-corrected chi connectivity index (χ4v) is 3.46. The molecule has 2 nitrogen and oxygen atoms in total. The molecule has 0 saturated carbocycles. The van der Waals surface area contributed by atoms with Crippen molar-refractivity contribution in [3.63, 3.8) is 0 Å². The maximum Gasteiger partial charge on any atom is 0.0201 e. The van der Waals surface area contributed by atoms with E-state index < -0.39 is 0 Å². The van der Waals surface area contributed by atoms with Crippen molar-refractivity contribution in [2.75, 3.05) is 33.2 Å². The zero-order valence-electron chi connectivity index (χ0n) is 9.79. The predicted octanol–water partition coefficient (Wildman–Crippen LogP) is 2.78. The van der Waals surface area contributed by atoms with Gasteiger partial charge in [-0.15, -0.1) is 0 Å². The molecule has 0 radical (unpaired) electrons. The van der Waals surface area contributed by atoms with Gasteiger partial charge in [0.25, 0.3) is 0 Å². The molecule has 0 aromatic carbocycles.